The normalized spacial score (nSPS) is 35.3. The summed E-state index contributed by atoms with van der Waals surface area (Å²) in [5.74, 6) is -4.68. The Morgan fingerprint density at radius 2 is 1.70 bits per heavy atom. The van der Waals surface area contributed by atoms with Gasteiger partial charge < -0.3 is 24.8 Å². The molecule has 47 heavy (non-hydrogen) atoms. The second kappa shape index (κ2) is 13.4. The molecule has 0 aromatic heterocycles. The van der Waals surface area contributed by atoms with Gasteiger partial charge in [-0.05, 0) is 48.3 Å². The predicted octanol–water partition coefficient (Wildman–Crippen LogP) is 6.26. The zero-order valence-electron chi connectivity index (χ0n) is 28.1. The Morgan fingerprint density at radius 3 is 2.36 bits per heavy atom. The molecule has 8 nitrogen and oxygen atoms in total. The maximum Gasteiger partial charge on any atom is 0.331 e. The molecular formula is C38H49BrO8. The SMILES string of the molecule is CCCCCCCCC(=O)O[C@@]12[C@H](OC(=O)/C=C/c3ccc(Br)cc3)[C@@H](C)[C@@]3(O)[C@@H](C=C(CO)C[C@]4(O)C(=O)C(C)=C[C@@H]34)[C@@H]1C2(C)C. The van der Waals surface area contributed by atoms with E-state index in [-0.39, 0.29) is 18.8 Å². The molecule has 0 bridgehead atoms. The summed E-state index contributed by atoms with van der Waals surface area (Å²) in [4.78, 5) is 40.5. The molecule has 256 valence electrons. The minimum atomic E-state index is -1.97. The lowest BCUT2D eigenvalue weighted by molar-refractivity contribution is -0.227. The van der Waals surface area contributed by atoms with Gasteiger partial charge in [0.25, 0.3) is 0 Å². The number of ketones is 1. The van der Waals surface area contributed by atoms with Crippen molar-refractivity contribution in [3.05, 3.63) is 63.7 Å². The predicted molar refractivity (Wildman–Crippen MR) is 182 cm³/mol. The van der Waals surface area contributed by atoms with E-state index in [2.05, 4.69) is 22.9 Å². The van der Waals surface area contributed by atoms with E-state index < -0.39 is 70.4 Å². The molecule has 2 fully saturated rings. The summed E-state index contributed by atoms with van der Waals surface area (Å²) in [6.07, 6.45) is 11.4. The Bertz CT molecular complexity index is 1480. The lowest BCUT2D eigenvalue weighted by Crippen LogP contribution is -2.66. The van der Waals surface area contributed by atoms with Crippen molar-refractivity contribution in [2.45, 2.75) is 109 Å². The number of aliphatic hydroxyl groups is 3. The van der Waals surface area contributed by atoms with Crippen molar-refractivity contribution < 1.29 is 39.2 Å². The quantitative estimate of drug-likeness (QED) is 0.100. The highest BCUT2D eigenvalue weighted by Crippen LogP contribution is 2.77. The number of esters is 2. The third-order valence-electron chi connectivity index (χ3n) is 11.5. The fraction of sp³-hybridized carbons (Fsp3) is 0.605. The molecule has 4 aliphatic carbocycles. The molecule has 0 aliphatic heterocycles. The highest BCUT2D eigenvalue weighted by atomic mass is 79.9. The first-order chi connectivity index (χ1) is 22.2. The maximum atomic E-state index is 13.6. The molecule has 0 spiro atoms. The molecule has 2 saturated carbocycles. The number of halogens is 1. The molecule has 1 aromatic carbocycles. The fourth-order valence-electron chi connectivity index (χ4n) is 9.02. The summed E-state index contributed by atoms with van der Waals surface area (Å²) >= 11 is 3.41. The van der Waals surface area contributed by atoms with Crippen LogP contribution in [0.3, 0.4) is 0 Å². The van der Waals surface area contributed by atoms with Crippen molar-refractivity contribution in [1.29, 1.82) is 0 Å². The van der Waals surface area contributed by atoms with Gasteiger partial charge in [0, 0.05) is 52.5 Å². The minimum absolute atomic E-state index is 0.134. The highest BCUT2D eigenvalue weighted by Gasteiger charge is 2.87. The number of benzene rings is 1. The highest BCUT2D eigenvalue weighted by molar-refractivity contribution is 9.10. The molecule has 0 saturated heterocycles. The summed E-state index contributed by atoms with van der Waals surface area (Å²) < 4.78 is 13.6. The van der Waals surface area contributed by atoms with Crippen molar-refractivity contribution >= 4 is 39.7 Å². The Labute approximate surface area is 286 Å². The summed E-state index contributed by atoms with van der Waals surface area (Å²) in [6, 6.07) is 7.41. The Kier molecular flexibility index (Phi) is 10.2. The number of ether oxygens (including phenoxy) is 2. The Hall–Kier alpha value is -2.59. The first-order valence-electron chi connectivity index (χ1n) is 17.0. The number of carbonyl (C=O) groups excluding carboxylic acids is 3. The maximum absolute atomic E-state index is 13.6. The molecule has 5 rings (SSSR count). The lowest BCUT2D eigenvalue weighted by atomic mass is 9.59. The van der Waals surface area contributed by atoms with Crippen molar-refractivity contribution in [2.24, 2.45) is 29.1 Å². The minimum Gasteiger partial charge on any atom is -0.455 e. The van der Waals surface area contributed by atoms with Crippen LogP contribution in [0.25, 0.3) is 6.08 Å². The van der Waals surface area contributed by atoms with Crippen LogP contribution < -0.4 is 0 Å². The first kappa shape index (κ1) is 35.7. The van der Waals surface area contributed by atoms with Gasteiger partial charge in [0.05, 0.1) is 12.2 Å². The molecule has 1 aromatic rings. The summed E-state index contributed by atoms with van der Waals surface area (Å²) in [6.45, 7) is 8.99. The van der Waals surface area contributed by atoms with Gasteiger partial charge in [0.2, 0.25) is 0 Å². The van der Waals surface area contributed by atoms with E-state index in [1.807, 2.05) is 38.1 Å². The van der Waals surface area contributed by atoms with Crippen molar-refractivity contribution in [3.63, 3.8) is 0 Å². The van der Waals surface area contributed by atoms with E-state index in [9.17, 15) is 29.7 Å². The van der Waals surface area contributed by atoms with Crippen LogP contribution in [0.15, 0.2) is 58.1 Å². The molecule has 4 aliphatic rings. The van der Waals surface area contributed by atoms with E-state index in [0.29, 0.717) is 17.6 Å². The molecule has 0 amide bonds. The number of carbonyl (C=O) groups is 3. The summed E-state index contributed by atoms with van der Waals surface area (Å²) in [7, 11) is 0. The van der Waals surface area contributed by atoms with Gasteiger partial charge in [0.15, 0.2) is 11.4 Å². The molecule has 9 heteroatoms. The second-order valence-electron chi connectivity index (χ2n) is 14.7. The Morgan fingerprint density at radius 1 is 1.04 bits per heavy atom. The third kappa shape index (κ3) is 6.00. The smallest absolute Gasteiger partial charge is 0.331 e. The van der Waals surface area contributed by atoms with Gasteiger partial charge in [-0.3, -0.25) is 9.59 Å². The van der Waals surface area contributed by atoms with E-state index in [0.717, 1.165) is 42.1 Å². The Balaban J connectivity index is 1.53. The molecular weight excluding hydrogens is 664 g/mol. The number of unbranched alkanes of at least 4 members (excludes halogenated alkanes) is 5. The number of fused-ring (bicyclic) bond motifs is 5. The number of aliphatic hydroxyl groups excluding tert-OH is 1. The van der Waals surface area contributed by atoms with E-state index in [1.165, 1.54) is 6.08 Å². The van der Waals surface area contributed by atoms with Crippen LogP contribution in [0, 0.1) is 29.1 Å². The average Bonchev–Trinajstić information content (AvgIpc) is 3.46. The average molecular weight is 714 g/mol. The van der Waals surface area contributed by atoms with Gasteiger partial charge in [-0.1, -0.05) is 100 Å². The van der Waals surface area contributed by atoms with Crippen LogP contribution in [-0.2, 0) is 23.9 Å². The largest absolute Gasteiger partial charge is 0.455 e. The summed E-state index contributed by atoms with van der Waals surface area (Å²) in [5.41, 5.74) is -4.22. The number of rotatable bonds is 12. The summed E-state index contributed by atoms with van der Waals surface area (Å²) in [5, 5.41) is 35.2. The zero-order valence-corrected chi connectivity index (χ0v) is 29.7. The molecule has 3 N–H and O–H groups in total. The van der Waals surface area contributed by atoms with Crippen LogP contribution in [0.5, 0.6) is 0 Å². The van der Waals surface area contributed by atoms with Crippen molar-refractivity contribution in [1.82, 2.24) is 0 Å². The van der Waals surface area contributed by atoms with Crippen LogP contribution in [0.2, 0.25) is 0 Å². The van der Waals surface area contributed by atoms with Crippen LogP contribution >= 0.6 is 15.9 Å². The van der Waals surface area contributed by atoms with Gasteiger partial charge >= 0.3 is 11.9 Å². The van der Waals surface area contributed by atoms with Gasteiger partial charge in [-0.15, -0.1) is 0 Å². The fourth-order valence-corrected chi connectivity index (χ4v) is 9.28. The number of hydrogen-bond acceptors (Lipinski definition) is 8. The van der Waals surface area contributed by atoms with E-state index >= 15 is 0 Å². The molecule has 0 unspecified atom stereocenters. The lowest BCUT2D eigenvalue weighted by Gasteiger charge is -2.53. The van der Waals surface area contributed by atoms with E-state index in [1.54, 1.807) is 32.1 Å². The van der Waals surface area contributed by atoms with Crippen LogP contribution in [0.4, 0.5) is 0 Å². The standard InChI is InChI=1S/C38H49BrO8/c1-6-7-8-9-10-11-12-31(42)47-38-32(35(38,4)5)28-20-26(22-40)21-36(44)29(19-23(2)33(36)43)37(28,45)24(3)34(38)46-30(41)18-15-25-13-16-27(39)17-14-25/h13-20,24,28-29,32,34,40,44-45H,6-12,21-22H2,1-5H3/b18-15+/t24-,28+,29-,32-,34-,36-,37-,38-/m1/s1. The third-order valence-corrected chi connectivity index (χ3v) is 12.0. The number of hydrogen-bond donors (Lipinski definition) is 3. The number of Topliss-reactive ketones (excluding diaryl/α,β-unsaturated/α-hetero) is 1. The van der Waals surface area contributed by atoms with Gasteiger partial charge in [-0.25, -0.2) is 4.79 Å². The van der Waals surface area contributed by atoms with Crippen LogP contribution in [0.1, 0.15) is 91.5 Å². The topological polar surface area (TPSA) is 130 Å². The molecule has 0 heterocycles. The second-order valence-corrected chi connectivity index (χ2v) is 15.6. The van der Waals surface area contributed by atoms with Gasteiger partial charge in [0.1, 0.15) is 11.7 Å². The van der Waals surface area contributed by atoms with Crippen molar-refractivity contribution in [2.75, 3.05) is 6.61 Å². The van der Waals surface area contributed by atoms with Crippen molar-refractivity contribution in [3.8, 4) is 0 Å². The van der Waals surface area contributed by atoms with E-state index in [4.69, 9.17) is 9.47 Å². The molecule has 8 atom stereocenters. The first-order valence-corrected chi connectivity index (χ1v) is 17.8. The zero-order chi connectivity index (χ0) is 34.4. The van der Waals surface area contributed by atoms with Crippen LogP contribution in [-0.4, -0.2) is 62.6 Å². The van der Waals surface area contributed by atoms with Gasteiger partial charge in [-0.2, -0.15) is 0 Å². The monoisotopic (exact) mass is 712 g/mol. The molecule has 0 radical (unpaired) electrons.